The molecule has 4 rings (SSSR count). The molecule has 1 amide bonds. The first-order valence-electron chi connectivity index (χ1n) is 10.8. The van der Waals surface area contributed by atoms with Crippen LogP contribution in [0.25, 0.3) is 6.08 Å². The Kier molecular flexibility index (Phi) is 7.17. The van der Waals surface area contributed by atoms with Gasteiger partial charge < -0.3 is 19.5 Å². The number of hydrogen-bond acceptors (Lipinski definition) is 7. The minimum absolute atomic E-state index is 0.0544. The zero-order valence-electron chi connectivity index (χ0n) is 19.6. The van der Waals surface area contributed by atoms with Crippen molar-refractivity contribution in [1.29, 1.82) is 0 Å². The Morgan fingerprint density at radius 1 is 1.08 bits per heavy atom. The van der Waals surface area contributed by atoms with E-state index in [0.717, 1.165) is 5.56 Å². The second-order valence-electron chi connectivity index (χ2n) is 7.83. The lowest BCUT2D eigenvalue weighted by molar-refractivity contribution is -0.129. The molecule has 0 bridgehead atoms. The predicted molar refractivity (Wildman–Crippen MR) is 135 cm³/mol. The number of ether oxygens (including phenoxy) is 3. The Morgan fingerprint density at radius 3 is 2.47 bits per heavy atom. The second kappa shape index (κ2) is 10.5. The molecule has 0 saturated heterocycles. The van der Waals surface area contributed by atoms with Crippen LogP contribution in [0.2, 0.25) is 5.02 Å². The van der Waals surface area contributed by atoms with E-state index < -0.39 is 11.9 Å². The second-order valence-corrected chi connectivity index (χ2v) is 8.24. The van der Waals surface area contributed by atoms with E-state index in [0.29, 0.717) is 22.4 Å². The summed E-state index contributed by atoms with van der Waals surface area (Å²) in [5.41, 5.74) is 2.88. The molecule has 9 heteroatoms. The first-order chi connectivity index (χ1) is 17.2. The molecule has 36 heavy (non-hydrogen) atoms. The highest BCUT2D eigenvalue weighted by Gasteiger charge is 2.25. The summed E-state index contributed by atoms with van der Waals surface area (Å²) in [5.74, 6) is -1.00. The van der Waals surface area contributed by atoms with E-state index in [1.165, 1.54) is 26.2 Å². The largest absolute Gasteiger partial charge is 0.493 e. The average molecular weight is 505 g/mol. The first-order valence-corrected chi connectivity index (χ1v) is 11.2. The Hall–Kier alpha value is -4.43. The van der Waals surface area contributed by atoms with E-state index >= 15 is 0 Å². The van der Waals surface area contributed by atoms with Crippen molar-refractivity contribution in [3.63, 3.8) is 0 Å². The van der Waals surface area contributed by atoms with Crippen LogP contribution in [-0.4, -0.2) is 30.9 Å². The minimum Gasteiger partial charge on any atom is -0.493 e. The molecule has 0 spiro atoms. The van der Waals surface area contributed by atoms with Crippen molar-refractivity contribution in [2.45, 2.75) is 13.8 Å². The van der Waals surface area contributed by atoms with Gasteiger partial charge >= 0.3 is 11.9 Å². The number of hydrogen-bond donors (Lipinski definition) is 1. The molecule has 0 unspecified atom stereocenters. The van der Waals surface area contributed by atoms with Gasteiger partial charge in [0.25, 0.3) is 0 Å². The van der Waals surface area contributed by atoms with Crippen molar-refractivity contribution in [2.24, 2.45) is 4.99 Å². The first kappa shape index (κ1) is 24.7. The number of aryl methyl sites for hydroxylation is 1. The molecule has 0 saturated carbocycles. The molecule has 1 N–H and O–H groups in total. The summed E-state index contributed by atoms with van der Waals surface area (Å²) in [5, 5.41) is 2.78. The fourth-order valence-electron chi connectivity index (χ4n) is 3.46. The number of carbonyl (C=O) groups excluding carboxylic acids is 3. The van der Waals surface area contributed by atoms with Gasteiger partial charge in [0.2, 0.25) is 11.8 Å². The summed E-state index contributed by atoms with van der Waals surface area (Å²) in [6, 6.07) is 16.8. The lowest BCUT2D eigenvalue weighted by Gasteiger charge is -2.13. The molecule has 0 radical (unpaired) electrons. The maximum absolute atomic E-state index is 12.7. The van der Waals surface area contributed by atoms with E-state index in [1.54, 1.807) is 55.5 Å². The molecule has 182 valence electrons. The molecule has 3 aromatic rings. The molecular formula is C27H21ClN2O6. The summed E-state index contributed by atoms with van der Waals surface area (Å²) >= 11 is 6.41. The minimum atomic E-state index is -0.638. The van der Waals surface area contributed by atoms with E-state index in [2.05, 4.69) is 10.3 Å². The Balaban J connectivity index is 1.59. The van der Waals surface area contributed by atoms with E-state index in [1.807, 2.05) is 6.07 Å². The van der Waals surface area contributed by atoms with Crippen LogP contribution in [-0.2, 0) is 14.3 Å². The zero-order chi connectivity index (χ0) is 25.8. The smallest absolute Gasteiger partial charge is 0.363 e. The molecule has 8 nitrogen and oxygen atoms in total. The highest BCUT2D eigenvalue weighted by molar-refractivity contribution is 6.32. The summed E-state index contributed by atoms with van der Waals surface area (Å²) in [4.78, 5) is 40.5. The summed E-state index contributed by atoms with van der Waals surface area (Å²) < 4.78 is 16.2. The van der Waals surface area contributed by atoms with Crippen molar-refractivity contribution < 1.29 is 28.6 Å². The van der Waals surface area contributed by atoms with Gasteiger partial charge in [0.15, 0.2) is 17.2 Å². The SMILES string of the molecule is COc1cc(/C=C2\N=C(c3ccc(NC(C)=O)cc3)OC2=O)cc(Cl)c1OC(=O)c1ccccc1C. The zero-order valence-corrected chi connectivity index (χ0v) is 20.4. The Labute approximate surface area is 212 Å². The van der Waals surface area contributed by atoms with Crippen LogP contribution in [0.4, 0.5) is 5.69 Å². The van der Waals surface area contributed by atoms with Crippen LogP contribution in [0.3, 0.4) is 0 Å². The fourth-order valence-corrected chi connectivity index (χ4v) is 3.72. The number of esters is 2. The number of nitrogens with zero attached hydrogens (tertiary/aromatic N) is 1. The maximum Gasteiger partial charge on any atom is 0.363 e. The van der Waals surface area contributed by atoms with E-state index in [4.69, 9.17) is 25.8 Å². The molecule has 0 atom stereocenters. The topological polar surface area (TPSA) is 103 Å². The molecule has 0 aromatic heterocycles. The number of carbonyl (C=O) groups is 3. The van der Waals surface area contributed by atoms with Crippen molar-refractivity contribution in [3.05, 3.63) is 93.6 Å². The molecule has 1 heterocycles. The third-order valence-electron chi connectivity index (χ3n) is 5.19. The van der Waals surface area contributed by atoms with Gasteiger partial charge in [-0.1, -0.05) is 29.8 Å². The molecule has 0 aliphatic carbocycles. The van der Waals surface area contributed by atoms with Crippen molar-refractivity contribution in [3.8, 4) is 11.5 Å². The van der Waals surface area contributed by atoms with E-state index in [-0.39, 0.29) is 34.0 Å². The monoisotopic (exact) mass is 504 g/mol. The highest BCUT2D eigenvalue weighted by Crippen LogP contribution is 2.38. The lowest BCUT2D eigenvalue weighted by atomic mass is 10.1. The third-order valence-corrected chi connectivity index (χ3v) is 5.47. The van der Waals surface area contributed by atoms with Gasteiger partial charge in [-0.25, -0.2) is 14.6 Å². The van der Waals surface area contributed by atoms with Crippen LogP contribution >= 0.6 is 11.6 Å². The Morgan fingerprint density at radius 2 is 1.81 bits per heavy atom. The van der Waals surface area contributed by atoms with Gasteiger partial charge in [0.05, 0.1) is 17.7 Å². The quantitative estimate of drug-likeness (QED) is 0.282. The summed E-state index contributed by atoms with van der Waals surface area (Å²) in [7, 11) is 1.42. The summed E-state index contributed by atoms with van der Waals surface area (Å²) in [6.07, 6.45) is 1.49. The molecule has 1 aliphatic heterocycles. The predicted octanol–water partition coefficient (Wildman–Crippen LogP) is 5.18. The van der Waals surface area contributed by atoms with Crippen LogP contribution in [0, 0.1) is 6.92 Å². The van der Waals surface area contributed by atoms with Gasteiger partial charge in [-0.2, -0.15) is 0 Å². The number of amides is 1. The maximum atomic E-state index is 12.7. The number of halogens is 1. The lowest BCUT2D eigenvalue weighted by Crippen LogP contribution is -2.11. The van der Waals surface area contributed by atoms with E-state index in [9.17, 15) is 14.4 Å². The number of rotatable bonds is 6. The van der Waals surface area contributed by atoms with Crippen LogP contribution in [0.15, 0.2) is 71.4 Å². The van der Waals surface area contributed by atoms with Gasteiger partial charge in [0, 0.05) is 18.2 Å². The van der Waals surface area contributed by atoms with Gasteiger partial charge in [-0.3, -0.25) is 4.79 Å². The fraction of sp³-hybridized carbons (Fsp3) is 0.111. The number of benzene rings is 3. The van der Waals surface area contributed by atoms with Crippen LogP contribution < -0.4 is 14.8 Å². The number of aliphatic imine (C=N–C) groups is 1. The third kappa shape index (κ3) is 5.45. The number of cyclic esters (lactones) is 1. The molecular weight excluding hydrogens is 484 g/mol. The van der Waals surface area contributed by atoms with Crippen molar-refractivity contribution in [1.82, 2.24) is 0 Å². The van der Waals surface area contributed by atoms with Crippen molar-refractivity contribution in [2.75, 3.05) is 12.4 Å². The van der Waals surface area contributed by atoms with Crippen LogP contribution in [0.5, 0.6) is 11.5 Å². The highest BCUT2D eigenvalue weighted by atomic mass is 35.5. The van der Waals surface area contributed by atoms with Gasteiger partial charge in [-0.05, 0) is 66.6 Å². The molecule has 1 aliphatic rings. The average Bonchev–Trinajstić information content (AvgIpc) is 3.20. The van der Waals surface area contributed by atoms with Crippen LogP contribution in [0.1, 0.15) is 34.0 Å². The number of anilines is 1. The standard InChI is InChI=1S/C27H21ClN2O6/c1-15-6-4-5-7-20(15)26(32)35-24-21(28)12-17(14-23(24)34-3)13-22-27(33)36-25(30-22)18-8-10-19(11-9-18)29-16(2)31/h4-14H,1-3H3,(H,29,31)/b22-13-. The van der Waals surface area contributed by atoms with Crippen molar-refractivity contribution >= 4 is 47.1 Å². The molecule has 3 aromatic carbocycles. The molecule has 0 fully saturated rings. The normalized spacial score (nSPS) is 13.7. The number of methoxy groups -OCH3 is 1. The van der Waals surface area contributed by atoms with Gasteiger partial charge in [-0.15, -0.1) is 0 Å². The number of nitrogens with one attached hydrogen (secondary N) is 1. The van der Waals surface area contributed by atoms with Gasteiger partial charge in [0.1, 0.15) is 0 Å². The summed E-state index contributed by atoms with van der Waals surface area (Å²) in [6.45, 7) is 3.22. The Bertz CT molecular complexity index is 1430.